The van der Waals surface area contributed by atoms with Crippen molar-refractivity contribution in [1.82, 2.24) is 9.88 Å². The van der Waals surface area contributed by atoms with E-state index in [-0.39, 0.29) is 29.8 Å². The third kappa shape index (κ3) is 6.18. The summed E-state index contributed by atoms with van der Waals surface area (Å²) in [5.41, 5.74) is 0.756. The number of methoxy groups -OCH3 is 1. The van der Waals surface area contributed by atoms with Crippen LogP contribution in [0.1, 0.15) is 43.0 Å². The number of halogens is 5. The van der Waals surface area contributed by atoms with Crippen molar-refractivity contribution in [2.45, 2.75) is 38.5 Å². The molecule has 1 aliphatic rings. The first-order valence-corrected chi connectivity index (χ1v) is 12.7. The second-order valence-electron chi connectivity index (χ2n) is 9.90. The fourth-order valence-electron chi connectivity index (χ4n) is 5.17. The predicted octanol–water partition coefficient (Wildman–Crippen LogP) is 6.11. The summed E-state index contributed by atoms with van der Waals surface area (Å²) < 4.78 is 74.6. The van der Waals surface area contributed by atoms with Crippen LogP contribution in [0.2, 0.25) is 0 Å². The van der Waals surface area contributed by atoms with Gasteiger partial charge in [-0.1, -0.05) is 0 Å². The van der Waals surface area contributed by atoms with Gasteiger partial charge in [0.15, 0.2) is 17.5 Å². The molecule has 5 nitrogen and oxygen atoms in total. The lowest BCUT2D eigenvalue weighted by Gasteiger charge is -2.41. The zero-order valence-electron chi connectivity index (χ0n) is 21.3. The van der Waals surface area contributed by atoms with E-state index in [9.17, 15) is 22.7 Å². The van der Waals surface area contributed by atoms with Crippen LogP contribution in [0.5, 0.6) is 5.75 Å². The molecular weight excluding hydrogens is 505 g/mol. The normalized spacial score (nSPS) is 16.5. The summed E-state index contributed by atoms with van der Waals surface area (Å²) in [6.07, 6.45) is 1.81. The number of rotatable bonds is 11. The second kappa shape index (κ2) is 12.3. The molecule has 2 heterocycles. The molecule has 1 aliphatic heterocycles. The van der Waals surface area contributed by atoms with Gasteiger partial charge in [-0.05, 0) is 62.4 Å². The van der Waals surface area contributed by atoms with Gasteiger partial charge in [-0.15, -0.1) is 0 Å². The third-order valence-electron chi connectivity index (χ3n) is 7.58. The minimum atomic E-state index is -1.50. The van der Waals surface area contributed by atoms with Crippen molar-refractivity contribution >= 4 is 16.6 Å². The number of likely N-dealkylation sites (tertiary alicyclic amines) is 1. The van der Waals surface area contributed by atoms with Crippen LogP contribution in [-0.2, 0) is 6.67 Å². The second-order valence-corrected chi connectivity index (χ2v) is 9.90. The molecule has 1 unspecified atom stereocenters. The van der Waals surface area contributed by atoms with Gasteiger partial charge in [0.05, 0.1) is 12.6 Å². The van der Waals surface area contributed by atoms with E-state index in [0.717, 1.165) is 12.1 Å². The van der Waals surface area contributed by atoms with Crippen LogP contribution in [-0.4, -0.2) is 54.9 Å². The summed E-state index contributed by atoms with van der Waals surface area (Å²) in [4.78, 5) is 6.39. The average molecular weight is 538 g/mol. The maximum absolute atomic E-state index is 15.7. The lowest BCUT2D eigenvalue weighted by molar-refractivity contribution is 0.0315. The molecule has 1 fully saturated rings. The van der Waals surface area contributed by atoms with Crippen molar-refractivity contribution in [2.75, 3.05) is 45.2 Å². The molecule has 0 saturated carbocycles. The number of fused-ring (bicyclic) bond motifs is 1. The Kier molecular flexibility index (Phi) is 9.04. The summed E-state index contributed by atoms with van der Waals surface area (Å²) in [5.74, 6) is -3.46. The van der Waals surface area contributed by atoms with E-state index < -0.39 is 35.7 Å². The monoisotopic (exact) mass is 537 g/mol. The number of aliphatic hydroxyl groups is 1. The lowest BCUT2D eigenvalue weighted by atomic mass is 9.74. The van der Waals surface area contributed by atoms with Gasteiger partial charge >= 0.3 is 0 Å². The molecule has 2 N–H and O–H groups in total. The number of nitrogens with zero attached hydrogens (tertiary/aromatic N) is 2. The van der Waals surface area contributed by atoms with Crippen LogP contribution in [0.4, 0.5) is 27.6 Å². The third-order valence-corrected chi connectivity index (χ3v) is 7.58. The topological polar surface area (TPSA) is 57.6 Å². The highest BCUT2D eigenvalue weighted by molar-refractivity contribution is 5.85. The Bertz CT molecular complexity index is 1220. The number of anilines is 1. The first kappa shape index (κ1) is 28.0. The molecule has 0 amide bonds. The van der Waals surface area contributed by atoms with Crippen molar-refractivity contribution in [3.63, 3.8) is 0 Å². The number of alkyl halides is 2. The van der Waals surface area contributed by atoms with Crippen molar-refractivity contribution in [2.24, 2.45) is 5.41 Å². The zero-order valence-corrected chi connectivity index (χ0v) is 21.3. The summed E-state index contributed by atoms with van der Waals surface area (Å²) in [7, 11) is 1.51. The molecule has 1 saturated heterocycles. The number of hydrogen-bond donors (Lipinski definition) is 2. The number of aliphatic hydroxyl groups excluding tert-OH is 1. The van der Waals surface area contributed by atoms with Crippen molar-refractivity contribution in [1.29, 1.82) is 0 Å². The molecule has 4 rings (SSSR count). The molecule has 0 aliphatic carbocycles. The van der Waals surface area contributed by atoms with Crippen LogP contribution < -0.4 is 10.1 Å². The van der Waals surface area contributed by atoms with E-state index in [2.05, 4.69) is 15.2 Å². The predicted molar refractivity (Wildman–Crippen MR) is 136 cm³/mol. The van der Waals surface area contributed by atoms with Gasteiger partial charge in [0.2, 0.25) is 0 Å². The molecule has 1 atom stereocenters. The minimum Gasteiger partial charge on any atom is -0.497 e. The van der Waals surface area contributed by atoms with Crippen molar-refractivity contribution < 1.29 is 31.8 Å². The highest BCUT2D eigenvalue weighted by atomic mass is 19.2. The lowest BCUT2D eigenvalue weighted by Crippen LogP contribution is -2.43. The van der Waals surface area contributed by atoms with E-state index in [0.29, 0.717) is 62.1 Å². The number of hydrogen-bond acceptors (Lipinski definition) is 5. The summed E-state index contributed by atoms with van der Waals surface area (Å²) in [5, 5.41) is 13.6. The fourth-order valence-corrected chi connectivity index (χ4v) is 5.17. The standard InChI is InChI=1S/C28H32F5N3O2/c1-38-20-2-3-25-21(14-20)26(18(15-29)16-35-25)22(30)4-5-28(17-37)6-9-36(10-7-28)11-8-34-19-12-23(31)27(33)24(32)13-19/h2-3,12-14,16,22,34,37H,4-11,15,17H2,1H3. The smallest absolute Gasteiger partial charge is 0.194 e. The molecular formula is C28H32F5N3O2. The Labute approximate surface area is 218 Å². The SMILES string of the molecule is COc1ccc2ncc(CF)c(C(F)CCC3(CO)CCN(CCNc4cc(F)c(F)c(F)c4)CC3)c2c1. The first-order chi connectivity index (χ1) is 18.3. The summed E-state index contributed by atoms with van der Waals surface area (Å²) >= 11 is 0. The maximum Gasteiger partial charge on any atom is 0.194 e. The summed E-state index contributed by atoms with van der Waals surface area (Å²) in [6.45, 7) is 1.39. The highest BCUT2D eigenvalue weighted by Crippen LogP contribution is 2.41. The molecule has 1 aromatic heterocycles. The largest absolute Gasteiger partial charge is 0.497 e. The number of nitrogens with one attached hydrogen (secondary N) is 1. The van der Waals surface area contributed by atoms with Gasteiger partial charge in [0, 0.05) is 60.2 Å². The molecule has 2 aromatic carbocycles. The van der Waals surface area contributed by atoms with Crippen LogP contribution in [0.3, 0.4) is 0 Å². The first-order valence-electron chi connectivity index (χ1n) is 12.7. The van der Waals surface area contributed by atoms with Gasteiger partial charge in [0.1, 0.15) is 18.6 Å². The molecule has 10 heteroatoms. The number of benzene rings is 2. The maximum atomic E-state index is 15.7. The van der Waals surface area contributed by atoms with Crippen LogP contribution in [0.15, 0.2) is 36.5 Å². The van der Waals surface area contributed by atoms with E-state index in [1.807, 2.05) is 0 Å². The molecule has 0 spiro atoms. The van der Waals surface area contributed by atoms with E-state index in [1.165, 1.54) is 13.3 Å². The van der Waals surface area contributed by atoms with Gasteiger partial charge in [-0.25, -0.2) is 22.0 Å². The summed E-state index contributed by atoms with van der Waals surface area (Å²) in [6, 6.07) is 6.94. The molecule has 0 radical (unpaired) electrons. The van der Waals surface area contributed by atoms with E-state index >= 15 is 4.39 Å². The minimum absolute atomic E-state index is 0.0825. The zero-order chi connectivity index (χ0) is 27.3. The Hall–Kier alpha value is -2.98. The van der Waals surface area contributed by atoms with Crippen LogP contribution >= 0.6 is 0 Å². The fraction of sp³-hybridized carbons (Fsp3) is 0.464. The van der Waals surface area contributed by atoms with Gasteiger partial charge < -0.3 is 20.1 Å². The number of aromatic nitrogens is 1. The van der Waals surface area contributed by atoms with Crippen LogP contribution in [0, 0.1) is 22.9 Å². The number of ether oxygens (including phenoxy) is 1. The van der Waals surface area contributed by atoms with Crippen molar-refractivity contribution in [3.8, 4) is 5.75 Å². The molecule has 0 bridgehead atoms. The van der Waals surface area contributed by atoms with Gasteiger partial charge in [0.25, 0.3) is 0 Å². The Morgan fingerprint density at radius 1 is 1.13 bits per heavy atom. The van der Waals surface area contributed by atoms with Crippen molar-refractivity contribution in [3.05, 3.63) is 65.1 Å². The van der Waals surface area contributed by atoms with E-state index in [1.54, 1.807) is 18.2 Å². The Morgan fingerprint density at radius 3 is 2.47 bits per heavy atom. The molecule has 206 valence electrons. The highest BCUT2D eigenvalue weighted by Gasteiger charge is 2.35. The number of pyridine rings is 1. The quantitative estimate of drug-likeness (QED) is 0.228. The average Bonchev–Trinajstić information content (AvgIpc) is 2.94. The number of piperidine rings is 1. The molecule has 38 heavy (non-hydrogen) atoms. The molecule has 3 aromatic rings. The van der Waals surface area contributed by atoms with Gasteiger partial charge in [-0.3, -0.25) is 4.98 Å². The Morgan fingerprint density at radius 2 is 1.84 bits per heavy atom. The van der Waals surface area contributed by atoms with E-state index in [4.69, 9.17) is 4.74 Å². The van der Waals surface area contributed by atoms with Crippen LogP contribution in [0.25, 0.3) is 10.9 Å². The Balaban J connectivity index is 1.34. The van der Waals surface area contributed by atoms with Gasteiger partial charge in [-0.2, -0.15) is 0 Å².